The summed E-state index contributed by atoms with van der Waals surface area (Å²) in [6, 6.07) is 0.134. The minimum Gasteiger partial charge on any atom is -0.271 e. The first-order valence-electron chi connectivity index (χ1n) is 4.63. The molecule has 0 spiro atoms. The van der Waals surface area contributed by atoms with Gasteiger partial charge in [0.1, 0.15) is 9.84 Å². The Kier molecular flexibility index (Phi) is 6.28. The van der Waals surface area contributed by atoms with Crippen molar-refractivity contribution in [3.63, 3.8) is 0 Å². The van der Waals surface area contributed by atoms with Crippen molar-refractivity contribution >= 4 is 9.84 Å². The second-order valence-electron chi connectivity index (χ2n) is 3.42. The smallest absolute Gasteiger partial charge is 0.147 e. The van der Waals surface area contributed by atoms with E-state index in [0.717, 1.165) is 19.3 Å². The van der Waals surface area contributed by atoms with Crippen molar-refractivity contribution in [1.29, 1.82) is 0 Å². The fourth-order valence-electron chi connectivity index (χ4n) is 1.12. The number of hydrazine groups is 1. The molecule has 0 fully saturated rings. The van der Waals surface area contributed by atoms with E-state index in [-0.39, 0.29) is 11.8 Å². The van der Waals surface area contributed by atoms with Crippen molar-refractivity contribution in [2.45, 2.75) is 38.6 Å². The van der Waals surface area contributed by atoms with E-state index in [1.807, 2.05) is 0 Å². The van der Waals surface area contributed by atoms with Gasteiger partial charge in [-0.25, -0.2) is 8.42 Å². The predicted octanol–water partition coefficient (Wildman–Crippen LogP) is 0.443. The fraction of sp³-hybridized carbons (Fsp3) is 1.00. The molecule has 0 saturated heterocycles. The Morgan fingerprint density at radius 1 is 1.38 bits per heavy atom. The maximum absolute atomic E-state index is 10.9. The molecule has 3 N–H and O–H groups in total. The van der Waals surface area contributed by atoms with Gasteiger partial charge in [-0.15, -0.1) is 0 Å². The van der Waals surface area contributed by atoms with Crippen LogP contribution in [0.3, 0.4) is 0 Å². The van der Waals surface area contributed by atoms with Gasteiger partial charge in [0.25, 0.3) is 0 Å². The Labute approximate surface area is 80.8 Å². The van der Waals surface area contributed by atoms with Crippen LogP contribution in [0.1, 0.15) is 32.6 Å². The van der Waals surface area contributed by atoms with Crippen molar-refractivity contribution in [2.24, 2.45) is 5.84 Å². The minimum atomic E-state index is -2.85. The summed E-state index contributed by atoms with van der Waals surface area (Å²) in [5.74, 6) is 5.51. The maximum Gasteiger partial charge on any atom is 0.147 e. The van der Waals surface area contributed by atoms with Gasteiger partial charge in [0.05, 0.1) is 5.75 Å². The molecule has 0 radical (unpaired) electrons. The number of nitrogens with one attached hydrogen (secondary N) is 1. The van der Waals surface area contributed by atoms with Crippen molar-refractivity contribution in [3.8, 4) is 0 Å². The van der Waals surface area contributed by atoms with Gasteiger partial charge < -0.3 is 0 Å². The van der Waals surface area contributed by atoms with Crippen LogP contribution in [0.4, 0.5) is 0 Å². The summed E-state index contributed by atoms with van der Waals surface area (Å²) in [6.07, 6.45) is 4.99. The monoisotopic (exact) mass is 208 g/mol. The largest absolute Gasteiger partial charge is 0.271 e. The third-order valence-corrected chi connectivity index (χ3v) is 2.96. The van der Waals surface area contributed by atoms with E-state index in [2.05, 4.69) is 12.3 Å². The zero-order valence-electron chi connectivity index (χ0n) is 8.41. The molecule has 0 aromatic carbocycles. The lowest BCUT2D eigenvalue weighted by Gasteiger charge is -2.14. The molecule has 0 aromatic heterocycles. The third-order valence-electron chi connectivity index (χ3n) is 1.98. The molecule has 13 heavy (non-hydrogen) atoms. The lowest BCUT2D eigenvalue weighted by Crippen LogP contribution is -2.36. The van der Waals surface area contributed by atoms with Crippen molar-refractivity contribution in [3.05, 3.63) is 0 Å². The zero-order chi connectivity index (χ0) is 10.3. The van der Waals surface area contributed by atoms with Gasteiger partial charge >= 0.3 is 0 Å². The summed E-state index contributed by atoms with van der Waals surface area (Å²) in [5.41, 5.74) is 2.64. The third kappa shape index (κ3) is 8.21. The van der Waals surface area contributed by atoms with Gasteiger partial charge in [-0.1, -0.05) is 19.8 Å². The molecule has 1 atom stereocenters. The summed E-state index contributed by atoms with van der Waals surface area (Å²) in [6.45, 7) is 2.10. The topological polar surface area (TPSA) is 72.2 Å². The van der Waals surface area contributed by atoms with Crippen molar-refractivity contribution in [1.82, 2.24) is 5.43 Å². The maximum atomic E-state index is 10.9. The van der Waals surface area contributed by atoms with E-state index >= 15 is 0 Å². The molecule has 0 aromatic rings. The van der Waals surface area contributed by atoms with E-state index in [0.29, 0.717) is 6.42 Å². The van der Waals surface area contributed by atoms with E-state index in [1.54, 1.807) is 0 Å². The highest BCUT2D eigenvalue weighted by Gasteiger charge is 2.09. The lowest BCUT2D eigenvalue weighted by molar-refractivity contribution is 0.463. The van der Waals surface area contributed by atoms with Gasteiger partial charge in [0, 0.05) is 12.3 Å². The highest BCUT2D eigenvalue weighted by molar-refractivity contribution is 7.90. The van der Waals surface area contributed by atoms with Gasteiger partial charge in [-0.2, -0.15) is 0 Å². The standard InChI is InChI=1S/C8H20N2O2S/c1-3-4-5-8(10-9)6-7-13(2,11)12/h8,10H,3-7,9H2,1-2H3. The quantitative estimate of drug-likeness (QED) is 0.470. The van der Waals surface area contributed by atoms with Crippen LogP contribution in [0, 0.1) is 0 Å². The summed E-state index contributed by atoms with van der Waals surface area (Å²) in [5, 5.41) is 0. The van der Waals surface area contributed by atoms with Gasteiger partial charge in [0.2, 0.25) is 0 Å². The molecule has 1 unspecified atom stereocenters. The van der Waals surface area contributed by atoms with E-state index in [4.69, 9.17) is 5.84 Å². The average Bonchev–Trinajstić information content (AvgIpc) is 2.03. The van der Waals surface area contributed by atoms with Crippen LogP contribution in [0.25, 0.3) is 0 Å². The van der Waals surface area contributed by atoms with Gasteiger partial charge in [-0.05, 0) is 12.8 Å². The summed E-state index contributed by atoms with van der Waals surface area (Å²) in [4.78, 5) is 0. The number of hydrogen-bond donors (Lipinski definition) is 2. The molecule has 80 valence electrons. The number of unbranched alkanes of at least 4 members (excludes halogenated alkanes) is 1. The zero-order valence-corrected chi connectivity index (χ0v) is 9.23. The van der Waals surface area contributed by atoms with Gasteiger partial charge in [-0.3, -0.25) is 11.3 Å². The van der Waals surface area contributed by atoms with Crippen LogP contribution < -0.4 is 11.3 Å². The number of hydrogen-bond acceptors (Lipinski definition) is 4. The first-order chi connectivity index (χ1) is 5.99. The molecule has 0 saturated carbocycles. The Hall–Kier alpha value is -0.130. The lowest BCUT2D eigenvalue weighted by atomic mass is 10.1. The summed E-state index contributed by atoms with van der Waals surface area (Å²) >= 11 is 0. The molecule has 4 nitrogen and oxygen atoms in total. The normalized spacial score (nSPS) is 14.4. The highest BCUT2D eigenvalue weighted by Crippen LogP contribution is 2.04. The van der Waals surface area contributed by atoms with Crippen molar-refractivity contribution < 1.29 is 8.42 Å². The molecule has 0 aliphatic carbocycles. The van der Waals surface area contributed by atoms with Crippen LogP contribution in [-0.4, -0.2) is 26.5 Å². The molecule has 0 rings (SSSR count). The number of sulfone groups is 1. The van der Waals surface area contributed by atoms with E-state index < -0.39 is 9.84 Å². The molecule has 5 heteroatoms. The number of nitrogens with two attached hydrogens (primary N) is 1. The van der Waals surface area contributed by atoms with Crippen LogP contribution in [0.5, 0.6) is 0 Å². The van der Waals surface area contributed by atoms with Crippen LogP contribution >= 0.6 is 0 Å². The molecule has 0 amide bonds. The first-order valence-corrected chi connectivity index (χ1v) is 6.69. The molecule has 0 heterocycles. The Bertz CT molecular complexity index is 214. The molecule has 0 bridgehead atoms. The van der Waals surface area contributed by atoms with E-state index in [1.165, 1.54) is 6.26 Å². The fourth-order valence-corrected chi connectivity index (χ4v) is 1.83. The van der Waals surface area contributed by atoms with Crippen molar-refractivity contribution in [2.75, 3.05) is 12.0 Å². The first kappa shape index (κ1) is 12.9. The SMILES string of the molecule is CCCCC(CCS(C)(=O)=O)NN. The molecular formula is C8H20N2O2S. The molecule has 0 aliphatic heterocycles. The predicted molar refractivity (Wildman–Crippen MR) is 55.0 cm³/mol. The second kappa shape index (κ2) is 6.34. The van der Waals surface area contributed by atoms with Gasteiger partial charge in [0.15, 0.2) is 0 Å². The molecule has 0 aliphatic rings. The number of rotatable bonds is 7. The van der Waals surface area contributed by atoms with Crippen LogP contribution in [0.2, 0.25) is 0 Å². The average molecular weight is 208 g/mol. The Morgan fingerprint density at radius 3 is 2.38 bits per heavy atom. The second-order valence-corrected chi connectivity index (χ2v) is 5.68. The Morgan fingerprint density at radius 2 is 2.00 bits per heavy atom. The van der Waals surface area contributed by atoms with Crippen LogP contribution in [0.15, 0.2) is 0 Å². The molecular weight excluding hydrogens is 188 g/mol. The van der Waals surface area contributed by atoms with E-state index in [9.17, 15) is 8.42 Å². The Balaban J connectivity index is 3.72. The van der Waals surface area contributed by atoms with Crippen LogP contribution in [-0.2, 0) is 9.84 Å². The summed E-state index contributed by atoms with van der Waals surface area (Å²) < 4.78 is 21.7. The highest BCUT2D eigenvalue weighted by atomic mass is 32.2. The minimum absolute atomic E-state index is 0.134. The summed E-state index contributed by atoms with van der Waals surface area (Å²) in [7, 11) is -2.85.